The SMILES string of the molecule is CC(C)OC(C#N)(OC(C)C)OC(C)C. The highest BCUT2D eigenvalue weighted by Crippen LogP contribution is 2.21. The van der Waals surface area contributed by atoms with Crippen molar-refractivity contribution in [1.29, 1.82) is 5.26 Å². The minimum absolute atomic E-state index is 0.137. The summed E-state index contributed by atoms with van der Waals surface area (Å²) in [6.07, 6.45) is -0.411. The molecule has 0 saturated heterocycles. The van der Waals surface area contributed by atoms with E-state index in [1.807, 2.05) is 47.6 Å². The van der Waals surface area contributed by atoms with Crippen molar-refractivity contribution < 1.29 is 14.2 Å². The Bertz CT molecular complexity index is 192. The van der Waals surface area contributed by atoms with Crippen LogP contribution >= 0.6 is 0 Å². The van der Waals surface area contributed by atoms with Crippen LogP contribution in [0.5, 0.6) is 0 Å². The second-order valence-corrected chi connectivity index (χ2v) is 4.17. The van der Waals surface area contributed by atoms with Crippen molar-refractivity contribution in [2.75, 3.05) is 0 Å². The van der Waals surface area contributed by atoms with Gasteiger partial charge in [0.2, 0.25) is 0 Å². The molecule has 0 aliphatic carbocycles. The highest BCUT2D eigenvalue weighted by Gasteiger charge is 2.37. The average Bonchev–Trinajstić information content (AvgIpc) is 1.99. The number of ether oxygens (including phenoxy) is 3. The predicted molar refractivity (Wildman–Crippen MR) is 57.0 cm³/mol. The molecule has 0 N–H and O–H groups in total. The summed E-state index contributed by atoms with van der Waals surface area (Å²) in [5, 5.41) is 9.10. The smallest absolute Gasteiger partial charge is 0.313 e. The van der Waals surface area contributed by atoms with Gasteiger partial charge >= 0.3 is 5.97 Å². The Hall–Kier alpha value is -0.630. The molecule has 0 unspecified atom stereocenters. The zero-order chi connectivity index (χ0) is 12.1. The third kappa shape index (κ3) is 5.73. The molecule has 0 rings (SSSR count). The molecule has 88 valence electrons. The molecule has 4 nitrogen and oxygen atoms in total. The molecule has 4 heteroatoms. The molecule has 0 fully saturated rings. The monoisotopic (exact) mass is 215 g/mol. The Labute approximate surface area is 92.1 Å². The van der Waals surface area contributed by atoms with E-state index in [0.717, 1.165) is 0 Å². The summed E-state index contributed by atoms with van der Waals surface area (Å²) in [6, 6.07) is 1.94. The summed E-state index contributed by atoms with van der Waals surface area (Å²) in [4.78, 5) is 0. The number of hydrogen-bond acceptors (Lipinski definition) is 4. The van der Waals surface area contributed by atoms with Crippen LogP contribution in [0.15, 0.2) is 0 Å². The highest BCUT2D eigenvalue weighted by atomic mass is 16.9. The Morgan fingerprint density at radius 2 is 1.07 bits per heavy atom. The van der Waals surface area contributed by atoms with Crippen LogP contribution in [0.3, 0.4) is 0 Å². The second kappa shape index (κ2) is 6.06. The maximum Gasteiger partial charge on any atom is 0.379 e. The molecular weight excluding hydrogens is 194 g/mol. The van der Waals surface area contributed by atoms with E-state index in [2.05, 4.69) is 0 Å². The lowest BCUT2D eigenvalue weighted by Crippen LogP contribution is -2.43. The lowest BCUT2D eigenvalue weighted by atomic mass is 10.4. The van der Waals surface area contributed by atoms with Crippen molar-refractivity contribution in [3.05, 3.63) is 0 Å². The zero-order valence-electron chi connectivity index (χ0n) is 10.4. The van der Waals surface area contributed by atoms with Gasteiger partial charge in [0.25, 0.3) is 0 Å². The van der Waals surface area contributed by atoms with E-state index in [1.165, 1.54) is 0 Å². The van der Waals surface area contributed by atoms with Gasteiger partial charge < -0.3 is 14.2 Å². The molecule has 0 aliphatic heterocycles. The summed E-state index contributed by atoms with van der Waals surface area (Å²) < 4.78 is 16.2. The van der Waals surface area contributed by atoms with Gasteiger partial charge in [-0.05, 0) is 41.5 Å². The van der Waals surface area contributed by atoms with Crippen LogP contribution in [0.25, 0.3) is 0 Å². The van der Waals surface area contributed by atoms with Crippen LogP contribution in [0.2, 0.25) is 0 Å². The number of nitrogens with zero attached hydrogens (tertiary/aromatic N) is 1. The van der Waals surface area contributed by atoms with Crippen molar-refractivity contribution in [1.82, 2.24) is 0 Å². The van der Waals surface area contributed by atoms with Crippen molar-refractivity contribution >= 4 is 0 Å². The van der Waals surface area contributed by atoms with Crippen LogP contribution in [0.4, 0.5) is 0 Å². The zero-order valence-corrected chi connectivity index (χ0v) is 10.4. The first-order valence-electron chi connectivity index (χ1n) is 5.26. The Kier molecular flexibility index (Phi) is 5.81. The fourth-order valence-electron chi connectivity index (χ4n) is 1.09. The van der Waals surface area contributed by atoms with Gasteiger partial charge in [-0.1, -0.05) is 0 Å². The topological polar surface area (TPSA) is 51.5 Å². The molecule has 0 aromatic heterocycles. The third-order valence-electron chi connectivity index (χ3n) is 1.31. The van der Waals surface area contributed by atoms with Gasteiger partial charge in [0.1, 0.15) is 0 Å². The highest BCUT2D eigenvalue weighted by molar-refractivity contribution is 4.87. The molecular formula is C11H21NO3. The molecule has 0 atom stereocenters. The minimum Gasteiger partial charge on any atom is -0.313 e. The first kappa shape index (κ1) is 14.4. The molecule has 0 heterocycles. The van der Waals surface area contributed by atoms with E-state index in [-0.39, 0.29) is 18.3 Å². The third-order valence-corrected chi connectivity index (χ3v) is 1.31. The van der Waals surface area contributed by atoms with Crippen LogP contribution in [-0.4, -0.2) is 24.3 Å². The number of hydrogen-bond donors (Lipinski definition) is 0. The summed E-state index contributed by atoms with van der Waals surface area (Å²) in [5.74, 6) is -1.59. The first-order chi connectivity index (χ1) is 6.81. The Balaban J connectivity index is 4.69. The largest absolute Gasteiger partial charge is 0.379 e. The fraction of sp³-hybridized carbons (Fsp3) is 0.909. The number of rotatable bonds is 6. The van der Waals surface area contributed by atoms with Crippen LogP contribution < -0.4 is 0 Å². The van der Waals surface area contributed by atoms with Crippen LogP contribution in [0.1, 0.15) is 41.5 Å². The molecule has 0 saturated carbocycles. The van der Waals surface area contributed by atoms with Gasteiger partial charge in [0.15, 0.2) is 6.07 Å². The van der Waals surface area contributed by atoms with E-state index in [0.29, 0.717) is 0 Å². The molecule has 0 spiro atoms. The van der Waals surface area contributed by atoms with Gasteiger partial charge in [0, 0.05) is 0 Å². The first-order valence-corrected chi connectivity index (χ1v) is 5.26. The van der Waals surface area contributed by atoms with Crippen molar-refractivity contribution in [2.24, 2.45) is 0 Å². The quantitative estimate of drug-likeness (QED) is 0.638. The van der Waals surface area contributed by atoms with E-state index in [1.54, 1.807) is 0 Å². The van der Waals surface area contributed by atoms with Crippen molar-refractivity contribution in [2.45, 2.75) is 65.8 Å². The van der Waals surface area contributed by atoms with E-state index < -0.39 is 5.97 Å². The lowest BCUT2D eigenvalue weighted by molar-refractivity contribution is -0.375. The van der Waals surface area contributed by atoms with Gasteiger partial charge in [-0.15, -0.1) is 0 Å². The summed E-state index contributed by atoms with van der Waals surface area (Å²) in [6.45, 7) is 11.0. The second-order valence-electron chi connectivity index (χ2n) is 4.17. The predicted octanol–water partition coefficient (Wildman–Crippen LogP) is 2.44. The van der Waals surface area contributed by atoms with Crippen LogP contribution in [-0.2, 0) is 14.2 Å². The molecule has 0 aromatic rings. The van der Waals surface area contributed by atoms with E-state index in [9.17, 15) is 0 Å². The summed E-state index contributed by atoms with van der Waals surface area (Å²) >= 11 is 0. The van der Waals surface area contributed by atoms with Gasteiger partial charge in [-0.3, -0.25) is 0 Å². The maximum atomic E-state index is 9.10. The van der Waals surface area contributed by atoms with E-state index in [4.69, 9.17) is 19.5 Å². The summed E-state index contributed by atoms with van der Waals surface area (Å²) in [5.41, 5.74) is 0. The lowest BCUT2D eigenvalue weighted by Gasteiger charge is -2.31. The Morgan fingerprint density at radius 3 is 1.20 bits per heavy atom. The standard InChI is InChI=1S/C11H21NO3/c1-8(2)13-11(7-12,14-9(3)4)15-10(5)6/h8-10H,1-6H3. The Morgan fingerprint density at radius 1 is 0.800 bits per heavy atom. The normalized spacial score (nSPS) is 12.5. The molecule has 0 aliphatic rings. The molecule has 0 amide bonds. The van der Waals surface area contributed by atoms with E-state index >= 15 is 0 Å². The molecule has 0 bridgehead atoms. The fourth-order valence-corrected chi connectivity index (χ4v) is 1.09. The van der Waals surface area contributed by atoms with Gasteiger partial charge in [-0.2, -0.15) is 5.26 Å². The molecule has 0 aromatic carbocycles. The average molecular weight is 215 g/mol. The number of nitriles is 1. The van der Waals surface area contributed by atoms with Crippen molar-refractivity contribution in [3.63, 3.8) is 0 Å². The molecule has 15 heavy (non-hydrogen) atoms. The minimum atomic E-state index is -1.59. The molecule has 0 radical (unpaired) electrons. The van der Waals surface area contributed by atoms with Crippen molar-refractivity contribution in [3.8, 4) is 6.07 Å². The van der Waals surface area contributed by atoms with Crippen LogP contribution in [0, 0.1) is 11.3 Å². The maximum absolute atomic E-state index is 9.10. The van der Waals surface area contributed by atoms with Gasteiger partial charge in [0.05, 0.1) is 18.3 Å². The summed E-state index contributed by atoms with van der Waals surface area (Å²) in [7, 11) is 0. The van der Waals surface area contributed by atoms with Gasteiger partial charge in [-0.25, -0.2) is 0 Å².